The summed E-state index contributed by atoms with van der Waals surface area (Å²) in [5.74, 6) is -0.0343. The highest BCUT2D eigenvalue weighted by atomic mass is 35.5. The number of benzene rings is 1. The minimum Gasteiger partial charge on any atom is -0.353 e. The van der Waals surface area contributed by atoms with Crippen molar-refractivity contribution in [3.8, 4) is 11.3 Å². The zero-order valence-corrected chi connectivity index (χ0v) is 18.4. The number of rotatable bonds is 4. The largest absolute Gasteiger partial charge is 0.412 e. The molecule has 10 heteroatoms. The van der Waals surface area contributed by atoms with E-state index in [1.807, 2.05) is 0 Å². The van der Waals surface area contributed by atoms with Gasteiger partial charge in [0.05, 0.1) is 16.7 Å². The normalized spacial score (nSPS) is 12.7. The van der Waals surface area contributed by atoms with Crippen LogP contribution in [0.15, 0.2) is 67.4 Å². The first-order valence-corrected chi connectivity index (χ1v) is 10.6. The molecule has 1 aromatic carbocycles. The summed E-state index contributed by atoms with van der Waals surface area (Å²) in [7, 11) is 0. The molecule has 0 aliphatic rings. The smallest absolute Gasteiger partial charge is 0.353 e. The maximum atomic E-state index is 14.6. The molecule has 1 atom stereocenters. The van der Waals surface area contributed by atoms with E-state index in [-0.39, 0.29) is 22.6 Å². The van der Waals surface area contributed by atoms with Crippen LogP contribution in [-0.4, -0.2) is 31.1 Å². The molecule has 4 heterocycles. The number of nitrogens with zero attached hydrogens (tertiary/aromatic N) is 5. The van der Waals surface area contributed by atoms with Crippen molar-refractivity contribution in [3.63, 3.8) is 0 Å². The van der Waals surface area contributed by atoms with Crippen molar-refractivity contribution in [2.24, 2.45) is 0 Å². The van der Waals surface area contributed by atoms with E-state index in [1.54, 1.807) is 49.5 Å². The fourth-order valence-electron chi connectivity index (χ4n) is 3.78. The lowest BCUT2D eigenvalue weighted by molar-refractivity contribution is -0.143. The van der Waals surface area contributed by atoms with Gasteiger partial charge in [-0.2, -0.15) is 13.2 Å². The predicted octanol–water partition coefficient (Wildman–Crippen LogP) is 6.31. The van der Waals surface area contributed by atoms with Crippen molar-refractivity contribution in [1.82, 2.24) is 24.9 Å². The Hall–Kier alpha value is -3.85. The third kappa shape index (κ3) is 4.10. The predicted molar refractivity (Wildman–Crippen MR) is 124 cm³/mol. The minimum atomic E-state index is -4.69. The summed E-state index contributed by atoms with van der Waals surface area (Å²) in [5.41, 5.74) is 2.50. The number of aryl methyl sites for hydroxylation is 1. The van der Waals surface area contributed by atoms with Crippen LogP contribution in [0.3, 0.4) is 0 Å². The molecule has 6 nitrogen and oxygen atoms in total. The monoisotopic (exact) mass is 480 g/mol. The fourth-order valence-corrected chi connectivity index (χ4v) is 3.96. The average Bonchev–Trinajstić information content (AvgIpc) is 2.81. The number of fused-ring (bicyclic) bond motifs is 2. The van der Waals surface area contributed by atoms with E-state index < -0.39 is 12.2 Å². The van der Waals surface area contributed by atoms with E-state index in [0.717, 1.165) is 5.56 Å². The van der Waals surface area contributed by atoms with Crippen LogP contribution < -0.4 is 5.32 Å². The van der Waals surface area contributed by atoms with Gasteiger partial charge in [-0.1, -0.05) is 11.6 Å². The molecule has 0 bridgehead atoms. The van der Waals surface area contributed by atoms with E-state index in [2.05, 4.69) is 30.2 Å². The lowest BCUT2D eigenvalue weighted by Crippen LogP contribution is -2.29. The molecule has 0 aliphatic heterocycles. The van der Waals surface area contributed by atoms with Gasteiger partial charge >= 0.3 is 6.18 Å². The molecule has 0 unspecified atom stereocenters. The number of nitrogens with one attached hydrogen (secondary N) is 1. The lowest BCUT2D eigenvalue weighted by Gasteiger charge is -2.25. The summed E-state index contributed by atoms with van der Waals surface area (Å²) < 4.78 is 43.7. The molecule has 34 heavy (non-hydrogen) atoms. The Morgan fingerprint density at radius 3 is 2.62 bits per heavy atom. The standard InChI is InChI=1S/C24H16ClF3N6/c1-13-6-8-29-11-17(13)20-16(10-14-9-15(25)4-5-18(14)33-20)22(24(26,27)28)34-23-21-19(31-12-32-23)3-2-7-30-21/h2-12,22H,1H3,(H,31,32,34)/t22-/m1/s1. The Bertz CT molecular complexity index is 1520. The van der Waals surface area contributed by atoms with Crippen molar-refractivity contribution in [3.05, 3.63) is 83.5 Å². The van der Waals surface area contributed by atoms with Gasteiger partial charge in [0.25, 0.3) is 0 Å². The second kappa shape index (κ2) is 8.49. The molecule has 1 N–H and O–H groups in total. The van der Waals surface area contributed by atoms with Gasteiger partial charge in [0, 0.05) is 40.1 Å². The van der Waals surface area contributed by atoms with Crippen LogP contribution in [0.25, 0.3) is 33.2 Å². The van der Waals surface area contributed by atoms with Gasteiger partial charge in [0.2, 0.25) is 0 Å². The van der Waals surface area contributed by atoms with Crippen LogP contribution in [0.4, 0.5) is 19.0 Å². The van der Waals surface area contributed by atoms with Gasteiger partial charge in [-0.05, 0) is 55.0 Å². The Morgan fingerprint density at radius 2 is 1.82 bits per heavy atom. The van der Waals surface area contributed by atoms with Crippen LogP contribution in [0.1, 0.15) is 17.2 Å². The van der Waals surface area contributed by atoms with Gasteiger partial charge in [-0.3, -0.25) is 9.97 Å². The molecule has 0 aliphatic carbocycles. The molecule has 0 saturated heterocycles. The topological polar surface area (TPSA) is 76.5 Å². The van der Waals surface area contributed by atoms with Crippen LogP contribution in [-0.2, 0) is 0 Å². The fraction of sp³-hybridized carbons (Fsp3) is 0.125. The Balaban J connectivity index is 1.76. The van der Waals surface area contributed by atoms with Gasteiger partial charge in [0.1, 0.15) is 11.8 Å². The first-order chi connectivity index (χ1) is 16.3. The van der Waals surface area contributed by atoms with Gasteiger partial charge in [-0.15, -0.1) is 0 Å². The van der Waals surface area contributed by atoms with Crippen molar-refractivity contribution in [2.75, 3.05) is 5.32 Å². The van der Waals surface area contributed by atoms with Crippen molar-refractivity contribution < 1.29 is 13.2 Å². The van der Waals surface area contributed by atoms with Crippen LogP contribution in [0.2, 0.25) is 5.02 Å². The molecule has 4 aromatic heterocycles. The molecular formula is C24H16ClF3N6. The number of pyridine rings is 3. The third-order valence-corrected chi connectivity index (χ3v) is 5.65. The average molecular weight is 481 g/mol. The summed E-state index contributed by atoms with van der Waals surface area (Å²) in [6.45, 7) is 1.80. The van der Waals surface area contributed by atoms with E-state index in [9.17, 15) is 13.2 Å². The number of hydrogen-bond acceptors (Lipinski definition) is 6. The third-order valence-electron chi connectivity index (χ3n) is 5.41. The first-order valence-electron chi connectivity index (χ1n) is 10.2. The molecule has 0 amide bonds. The van der Waals surface area contributed by atoms with E-state index in [0.29, 0.717) is 27.0 Å². The second-order valence-electron chi connectivity index (χ2n) is 7.67. The molecular weight excluding hydrogens is 465 g/mol. The second-order valence-corrected chi connectivity index (χ2v) is 8.10. The van der Waals surface area contributed by atoms with Crippen molar-refractivity contribution in [2.45, 2.75) is 19.1 Å². The maximum Gasteiger partial charge on any atom is 0.412 e. The highest BCUT2D eigenvalue weighted by molar-refractivity contribution is 6.31. The summed E-state index contributed by atoms with van der Waals surface area (Å²) in [6.07, 6.45) is 1.08. The van der Waals surface area contributed by atoms with E-state index in [1.165, 1.54) is 24.8 Å². The highest BCUT2D eigenvalue weighted by Gasteiger charge is 2.43. The van der Waals surface area contributed by atoms with Crippen molar-refractivity contribution in [1.29, 1.82) is 0 Å². The van der Waals surface area contributed by atoms with Crippen LogP contribution >= 0.6 is 11.6 Å². The van der Waals surface area contributed by atoms with E-state index >= 15 is 0 Å². The van der Waals surface area contributed by atoms with Crippen LogP contribution in [0.5, 0.6) is 0 Å². The Labute approximate surface area is 196 Å². The molecule has 0 spiro atoms. The Kier molecular flexibility index (Phi) is 5.49. The number of aromatic nitrogens is 5. The van der Waals surface area contributed by atoms with Crippen LogP contribution in [0, 0.1) is 6.92 Å². The molecule has 5 rings (SSSR count). The number of halogens is 4. The highest BCUT2D eigenvalue weighted by Crippen LogP contribution is 2.41. The SMILES string of the molecule is Cc1ccncc1-c1nc2ccc(Cl)cc2cc1[C@@H](Nc1ncnc2cccnc12)C(F)(F)F. The maximum absolute atomic E-state index is 14.6. The summed E-state index contributed by atoms with van der Waals surface area (Å²) >= 11 is 6.12. The van der Waals surface area contributed by atoms with Crippen molar-refractivity contribution >= 4 is 39.4 Å². The zero-order chi connectivity index (χ0) is 23.9. The zero-order valence-electron chi connectivity index (χ0n) is 17.7. The minimum absolute atomic E-state index is 0.0343. The van der Waals surface area contributed by atoms with Gasteiger partial charge < -0.3 is 5.32 Å². The number of hydrogen-bond donors (Lipinski definition) is 1. The molecule has 0 radical (unpaired) electrons. The van der Waals surface area contributed by atoms with Gasteiger partial charge in [-0.25, -0.2) is 15.0 Å². The van der Waals surface area contributed by atoms with Gasteiger partial charge in [0.15, 0.2) is 11.9 Å². The molecule has 0 saturated carbocycles. The molecule has 0 fully saturated rings. The lowest BCUT2D eigenvalue weighted by atomic mass is 9.96. The first kappa shape index (κ1) is 22.0. The number of alkyl halides is 3. The summed E-state index contributed by atoms with van der Waals surface area (Å²) in [6, 6.07) is 9.26. The van der Waals surface area contributed by atoms with E-state index in [4.69, 9.17) is 11.6 Å². The Morgan fingerprint density at radius 1 is 0.971 bits per heavy atom. The molecule has 170 valence electrons. The summed E-state index contributed by atoms with van der Waals surface area (Å²) in [5, 5.41) is 3.43. The number of anilines is 1. The molecule has 5 aromatic rings. The quantitative estimate of drug-likeness (QED) is 0.325. The summed E-state index contributed by atoms with van der Waals surface area (Å²) in [4.78, 5) is 21.0.